The van der Waals surface area contributed by atoms with E-state index in [-0.39, 0.29) is 5.78 Å². The molecule has 1 fully saturated rings. The Morgan fingerprint density at radius 1 is 1.07 bits per heavy atom. The maximum atomic E-state index is 11.7. The summed E-state index contributed by atoms with van der Waals surface area (Å²) < 4.78 is 0. The highest BCUT2D eigenvalue weighted by atomic mass is 16.1. The molecule has 1 aliphatic heterocycles. The van der Waals surface area contributed by atoms with Crippen LogP contribution in [0.2, 0.25) is 0 Å². The van der Waals surface area contributed by atoms with Crippen molar-refractivity contribution in [3.8, 4) is 6.07 Å². The summed E-state index contributed by atoms with van der Waals surface area (Å²) >= 11 is 0. The highest BCUT2D eigenvalue weighted by molar-refractivity contribution is 5.95. The van der Waals surface area contributed by atoms with Gasteiger partial charge in [-0.15, -0.1) is 0 Å². The van der Waals surface area contributed by atoms with Crippen molar-refractivity contribution in [1.82, 2.24) is 9.80 Å². The minimum absolute atomic E-state index is 0.000776. The van der Waals surface area contributed by atoms with Crippen molar-refractivity contribution >= 4 is 11.5 Å². The standard InChI is InChI=1S/C23H28N4O/c1-3-26-10-12-27(13-11-26)17-22-7-5-4-6-21(22)16-25-23-14-19(18(2)28)8-9-20(23)15-24/h4-9,14,25H,3,10-13,16-17H2,1-2H3. The fourth-order valence-corrected chi connectivity index (χ4v) is 3.59. The van der Waals surface area contributed by atoms with Crippen LogP contribution in [0.25, 0.3) is 0 Å². The Kier molecular flexibility index (Phi) is 6.80. The quantitative estimate of drug-likeness (QED) is 0.750. The third-order valence-electron chi connectivity index (χ3n) is 5.44. The van der Waals surface area contributed by atoms with Crippen LogP contribution in [0.4, 0.5) is 5.69 Å². The van der Waals surface area contributed by atoms with E-state index >= 15 is 0 Å². The number of nitriles is 1. The Morgan fingerprint density at radius 2 is 1.75 bits per heavy atom. The Labute approximate surface area is 167 Å². The zero-order chi connectivity index (χ0) is 19.9. The van der Waals surface area contributed by atoms with Gasteiger partial charge < -0.3 is 10.2 Å². The largest absolute Gasteiger partial charge is 0.380 e. The van der Waals surface area contributed by atoms with Gasteiger partial charge in [0.25, 0.3) is 0 Å². The van der Waals surface area contributed by atoms with Crippen LogP contribution in [0.15, 0.2) is 42.5 Å². The van der Waals surface area contributed by atoms with Crippen LogP contribution >= 0.6 is 0 Å². The molecule has 0 spiro atoms. The van der Waals surface area contributed by atoms with Gasteiger partial charge in [0.15, 0.2) is 5.78 Å². The molecular formula is C23H28N4O. The molecule has 1 heterocycles. The van der Waals surface area contributed by atoms with E-state index in [1.54, 1.807) is 25.1 Å². The molecule has 2 aromatic rings. The third-order valence-corrected chi connectivity index (χ3v) is 5.44. The molecule has 0 saturated carbocycles. The number of Topliss-reactive ketones (excluding diaryl/α,β-unsaturated/α-hetero) is 1. The summed E-state index contributed by atoms with van der Waals surface area (Å²) in [7, 11) is 0. The lowest BCUT2D eigenvalue weighted by Gasteiger charge is -2.34. The van der Waals surface area contributed by atoms with Crippen molar-refractivity contribution in [2.75, 3.05) is 38.0 Å². The van der Waals surface area contributed by atoms with E-state index in [0.29, 0.717) is 23.4 Å². The van der Waals surface area contributed by atoms with E-state index in [0.717, 1.165) is 39.3 Å². The van der Waals surface area contributed by atoms with Gasteiger partial charge in [-0.05, 0) is 42.8 Å². The van der Waals surface area contributed by atoms with Crippen molar-refractivity contribution in [2.45, 2.75) is 26.9 Å². The number of likely N-dealkylation sites (N-methyl/N-ethyl adjacent to an activating group) is 1. The second kappa shape index (κ2) is 9.50. The maximum absolute atomic E-state index is 11.7. The van der Waals surface area contributed by atoms with Gasteiger partial charge in [-0.3, -0.25) is 9.69 Å². The molecule has 3 rings (SSSR count). The lowest BCUT2D eigenvalue weighted by Crippen LogP contribution is -2.45. The highest BCUT2D eigenvalue weighted by Gasteiger charge is 2.16. The number of carbonyl (C=O) groups is 1. The normalized spacial score (nSPS) is 15.2. The van der Waals surface area contributed by atoms with Gasteiger partial charge in [-0.1, -0.05) is 31.2 Å². The Morgan fingerprint density at radius 3 is 2.39 bits per heavy atom. The van der Waals surface area contributed by atoms with Gasteiger partial charge in [0, 0.05) is 44.8 Å². The molecule has 0 aromatic heterocycles. The van der Waals surface area contributed by atoms with Gasteiger partial charge in [0.05, 0.1) is 11.3 Å². The molecule has 0 atom stereocenters. The second-order valence-electron chi connectivity index (χ2n) is 7.26. The first-order valence-corrected chi connectivity index (χ1v) is 9.91. The molecule has 1 N–H and O–H groups in total. The lowest BCUT2D eigenvalue weighted by molar-refractivity contribution is 0.101. The fraction of sp³-hybridized carbons (Fsp3) is 0.391. The van der Waals surface area contributed by atoms with Crippen LogP contribution in [0, 0.1) is 11.3 Å². The molecule has 1 aliphatic rings. The van der Waals surface area contributed by atoms with Crippen molar-refractivity contribution in [1.29, 1.82) is 5.26 Å². The molecule has 0 bridgehead atoms. The first kappa shape index (κ1) is 20.1. The number of nitrogens with one attached hydrogen (secondary N) is 1. The van der Waals surface area contributed by atoms with E-state index in [9.17, 15) is 10.1 Å². The molecular weight excluding hydrogens is 348 g/mol. The summed E-state index contributed by atoms with van der Waals surface area (Å²) in [6, 6.07) is 15.8. The van der Waals surface area contributed by atoms with Gasteiger partial charge in [-0.2, -0.15) is 5.26 Å². The maximum Gasteiger partial charge on any atom is 0.159 e. The number of hydrogen-bond acceptors (Lipinski definition) is 5. The van der Waals surface area contributed by atoms with Crippen LogP contribution < -0.4 is 5.32 Å². The summed E-state index contributed by atoms with van der Waals surface area (Å²) in [5.41, 5.74) is 4.40. The first-order chi connectivity index (χ1) is 13.6. The molecule has 146 valence electrons. The minimum atomic E-state index is -0.000776. The molecule has 2 aromatic carbocycles. The van der Waals surface area contributed by atoms with Gasteiger partial charge in [0.2, 0.25) is 0 Å². The third kappa shape index (κ3) is 4.98. The van der Waals surface area contributed by atoms with E-state index in [4.69, 9.17) is 0 Å². The summed E-state index contributed by atoms with van der Waals surface area (Å²) in [4.78, 5) is 16.7. The average molecular weight is 377 g/mol. The zero-order valence-electron chi connectivity index (χ0n) is 16.7. The van der Waals surface area contributed by atoms with Crippen molar-refractivity contribution in [3.63, 3.8) is 0 Å². The lowest BCUT2D eigenvalue weighted by atomic mass is 10.0. The number of nitrogens with zero attached hydrogens (tertiary/aromatic N) is 3. The number of carbonyl (C=O) groups excluding carboxylic acids is 1. The van der Waals surface area contributed by atoms with Crippen LogP contribution in [-0.4, -0.2) is 48.3 Å². The summed E-state index contributed by atoms with van der Waals surface area (Å²) in [6.07, 6.45) is 0. The summed E-state index contributed by atoms with van der Waals surface area (Å²) in [5.74, 6) is -0.000776. The smallest absolute Gasteiger partial charge is 0.159 e. The molecule has 5 heteroatoms. The zero-order valence-corrected chi connectivity index (χ0v) is 16.7. The van der Waals surface area contributed by atoms with Crippen LogP contribution in [-0.2, 0) is 13.1 Å². The Bertz CT molecular complexity index is 863. The number of piperazine rings is 1. The molecule has 1 saturated heterocycles. The second-order valence-corrected chi connectivity index (χ2v) is 7.26. The average Bonchev–Trinajstić information content (AvgIpc) is 2.73. The van der Waals surface area contributed by atoms with Crippen LogP contribution in [0.5, 0.6) is 0 Å². The summed E-state index contributed by atoms with van der Waals surface area (Å²) in [5, 5.41) is 12.7. The number of benzene rings is 2. The van der Waals surface area contributed by atoms with Crippen molar-refractivity contribution in [2.24, 2.45) is 0 Å². The number of ketones is 1. The Balaban J connectivity index is 1.70. The van der Waals surface area contributed by atoms with Gasteiger partial charge in [0.1, 0.15) is 6.07 Å². The number of rotatable bonds is 7. The molecule has 0 radical (unpaired) electrons. The molecule has 5 nitrogen and oxygen atoms in total. The van der Waals surface area contributed by atoms with E-state index in [2.05, 4.69) is 46.3 Å². The van der Waals surface area contributed by atoms with Gasteiger partial charge >= 0.3 is 0 Å². The van der Waals surface area contributed by atoms with E-state index in [1.807, 2.05) is 6.07 Å². The first-order valence-electron chi connectivity index (χ1n) is 9.91. The SMILES string of the molecule is CCN1CCN(Cc2ccccc2CNc2cc(C(C)=O)ccc2C#N)CC1. The molecule has 0 amide bonds. The molecule has 0 unspecified atom stereocenters. The summed E-state index contributed by atoms with van der Waals surface area (Å²) in [6.45, 7) is 10.9. The topological polar surface area (TPSA) is 59.4 Å². The van der Waals surface area contributed by atoms with E-state index in [1.165, 1.54) is 11.1 Å². The minimum Gasteiger partial charge on any atom is -0.380 e. The number of anilines is 1. The Hall–Kier alpha value is -2.68. The van der Waals surface area contributed by atoms with Crippen molar-refractivity contribution < 1.29 is 4.79 Å². The van der Waals surface area contributed by atoms with Crippen molar-refractivity contribution in [3.05, 3.63) is 64.7 Å². The highest BCUT2D eigenvalue weighted by Crippen LogP contribution is 2.20. The molecule has 28 heavy (non-hydrogen) atoms. The van der Waals surface area contributed by atoms with Crippen LogP contribution in [0.1, 0.15) is 40.9 Å². The molecule has 0 aliphatic carbocycles. The number of hydrogen-bond donors (Lipinski definition) is 1. The monoisotopic (exact) mass is 376 g/mol. The predicted octanol–water partition coefficient (Wildman–Crippen LogP) is 3.51. The van der Waals surface area contributed by atoms with Gasteiger partial charge in [-0.25, -0.2) is 0 Å². The fourth-order valence-electron chi connectivity index (χ4n) is 3.59. The predicted molar refractivity (Wildman–Crippen MR) is 112 cm³/mol. The van der Waals surface area contributed by atoms with Crippen LogP contribution in [0.3, 0.4) is 0 Å². The van der Waals surface area contributed by atoms with E-state index < -0.39 is 0 Å².